The highest BCUT2D eigenvalue weighted by molar-refractivity contribution is 5.94. The molecule has 0 spiro atoms. The van der Waals surface area contributed by atoms with E-state index in [1.54, 1.807) is 12.1 Å². The van der Waals surface area contributed by atoms with E-state index in [1.807, 2.05) is 41.3 Å². The van der Waals surface area contributed by atoms with Gasteiger partial charge in [0.05, 0.1) is 0 Å². The van der Waals surface area contributed by atoms with Crippen molar-refractivity contribution in [3.63, 3.8) is 0 Å². The van der Waals surface area contributed by atoms with Gasteiger partial charge in [0.2, 0.25) is 0 Å². The Balaban J connectivity index is 1.43. The van der Waals surface area contributed by atoms with Gasteiger partial charge in [-0.15, -0.1) is 0 Å². The SMILES string of the molecule is CC(C)c1ccc(OCC(=O)OCc2ccc(C(=O)N3CCCC3)cc2)cc1. The number of hydrogen-bond acceptors (Lipinski definition) is 4. The zero-order chi connectivity index (χ0) is 19.9. The summed E-state index contributed by atoms with van der Waals surface area (Å²) in [6.45, 7) is 5.94. The van der Waals surface area contributed by atoms with E-state index in [2.05, 4.69) is 13.8 Å². The van der Waals surface area contributed by atoms with Crippen molar-refractivity contribution in [1.82, 2.24) is 4.90 Å². The van der Waals surface area contributed by atoms with Gasteiger partial charge in [-0.25, -0.2) is 4.79 Å². The fourth-order valence-corrected chi connectivity index (χ4v) is 3.14. The fourth-order valence-electron chi connectivity index (χ4n) is 3.14. The third-order valence-corrected chi connectivity index (χ3v) is 4.90. The largest absolute Gasteiger partial charge is 0.482 e. The summed E-state index contributed by atoms with van der Waals surface area (Å²) in [4.78, 5) is 26.1. The lowest BCUT2D eigenvalue weighted by Crippen LogP contribution is -2.27. The second-order valence-corrected chi connectivity index (χ2v) is 7.37. The van der Waals surface area contributed by atoms with Crippen LogP contribution in [0, 0.1) is 0 Å². The molecule has 0 radical (unpaired) electrons. The summed E-state index contributed by atoms with van der Waals surface area (Å²) in [5.41, 5.74) is 2.74. The Hall–Kier alpha value is -2.82. The molecule has 0 saturated carbocycles. The monoisotopic (exact) mass is 381 g/mol. The van der Waals surface area contributed by atoms with Crippen LogP contribution in [-0.2, 0) is 16.1 Å². The molecule has 0 bridgehead atoms. The Labute approximate surface area is 166 Å². The van der Waals surface area contributed by atoms with E-state index in [0.29, 0.717) is 17.2 Å². The van der Waals surface area contributed by atoms with Gasteiger partial charge in [-0.3, -0.25) is 4.79 Å². The molecular weight excluding hydrogens is 354 g/mol. The summed E-state index contributed by atoms with van der Waals surface area (Å²) in [5.74, 6) is 0.741. The first-order valence-corrected chi connectivity index (χ1v) is 9.79. The summed E-state index contributed by atoms with van der Waals surface area (Å²) in [6.07, 6.45) is 2.15. The summed E-state index contributed by atoms with van der Waals surface area (Å²) in [6, 6.07) is 14.9. The molecule has 5 nitrogen and oxygen atoms in total. The molecule has 0 unspecified atom stereocenters. The van der Waals surface area contributed by atoms with Gasteiger partial charge in [-0.1, -0.05) is 38.1 Å². The third-order valence-electron chi connectivity index (χ3n) is 4.90. The van der Waals surface area contributed by atoms with Gasteiger partial charge in [0.1, 0.15) is 12.4 Å². The van der Waals surface area contributed by atoms with Gasteiger partial charge in [-0.05, 0) is 54.2 Å². The Morgan fingerprint density at radius 2 is 1.61 bits per heavy atom. The van der Waals surface area contributed by atoms with Crippen molar-refractivity contribution >= 4 is 11.9 Å². The highest BCUT2D eigenvalue weighted by Gasteiger charge is 2.19. The van der Waals surface area contributed by atoms with Crippen molar-refractivity contribution in [3.05, 3.63) is 65.2 Å². The lowest BCUT2D eigenvalue weighted by Gasteiger charge is -2.15. The molecule has 1 heterocycles. The van der Waals surface area contributed by atoms with Crippen LogP contribution in [0.5, 0.6) is 5.75 Å². The van der Waals surface area contributed by atoms with E-state index in [4.69, 9.17) is 9.47 Å². The normalized spacial score (nSPS) is 13.6. The lowest BCUT2D eigenvalue weighted by atomic mass is 10.0. The fraction of sp³-hybridized carbons (Fsp3) is 0.391. The molecule has 0 aromatic heterocycles. The number of ether oxygens (including phenoxy) is 2. The minimum atomic E-state index is -0.426. The highest BCUT2D eigenvalue weighted by atomic mass is 16.6. The molecule has 1 aliphatic rings. The topological polar surface area (TPSA) is 55.8 Å². The molecule has 0 N–H and O–H groups in total. The molecule has 3 rings (SSSR count). The maximum Gasteiger partial charge on any atom is 0.344 e. The molecule has 0 aliphatic carbocycles. The van der Waals surface area contributed by atoms with Crippen LogP contribution in [0.25, 0.3) is 0 Å². The van der Waals surface area contributed by atoms with Gasteiger partial charge < -0.3 is 14.4 Å². The van der Waals surface area contributed by atoms with Crippen LogP contribution >= 0.6 is 0 Å². The Morgan fingerprint density at radius 3 is 2.21 bits per heavy atom. The standard InChI is InChI=1S/C23H27NO4/c1-17(2)19-9-11-21(12-10-19)27-16-22(25)28-15-18-5-7-20(8-6-18)23(26)24-13-3-4-14-24/h5-12,17H,3-4,13-16H2,1-2H3. The predicted octanol–water partition coefficient (Wildman–Crippen LogP) is 4.17. The van der Waals surface area contributed by atoms with Crippen LogP contribution in [0.4, 0.5) is 0 Å². The van der Waals surface area contributed by atoms with Crippen molar-refractivity contribution in [1.29, 1.82) is 0 Å². The Morgan fingerprint density at radius 1 is 0.964 bits per heavy atom. The quantitative estimate of drug-likeness (QED) is 0.676. The molecule has 5 heteroatoms. The number of carbonyl (C=O) groups excluding carboxylic acids is 2. The van der Waals surface area contributed by atoms with Crippen LogP contribution in [-0.4, -0.2) is 36.5 Å². The molecule has 1 saturated heterocycles. The van der Waals surface area contributed by atoms with E-state index >= 15 is 0 Å². The smallest absolute Gasteiger partial charge is 0.344 e. The molecule has 1 amide bonds. The van der Waals surface area contributed by atoms with Crippen LogP contribution in [0.1, 0.15) is 54.1 Å². The van der Waals surface area contributed by atoms with Crippen molar-refractivity contribution in [2.75, 3.05) is 19.7 Å². The van der Waals surface area contributed by atoms with Crippen LogP contribution in [0.3, 0.4) is 0 Å². The van der Waals surface area contributed by atoms with Gasteiger partial charge in [-0.2, -0.15) is 0 Å². The molecule has 2 aromatic carbocycles. The van der Waals surface area contributed by atoms with E-state index < -0.39 is 5.97 Å². The first-order chi connectivity index (χ1) is 13.5. The highest BCUT2D eigenvalue weighted by Crippen LogP contribution is 2.18. The second kappa shape index (κ2) is 9.40. The summed E-state index contributed by atoms with van der Waals surface area (Å²) >= 11 is 0. The zero-order valence-corrected chi connectivity index (χ0v) is 16.5. The van der Waals surface area contributed by atoms with Crippen LogP contribution in [0.15, 0.2) is 48.5 Å². The number of hydrogen-bond donors (Lipinski definition) is 0. The number of esters is 1. The second-order valence-electron chi connectivity index (χ2n) is 7.37. The Kier molecular flexibility index (Phi) is 6.69. The lowest BCUT2D eigenvalue weighted by molar-refractivity contribution is -0.147. The summed E-state index contributed by atoms with van der Waals surface area (Å²) in [7, 11) is 0. The number of nitrogens with zero attached hydrogens (tertiary/aromatic N) is 1. The van der Waals surface area contributed by atoms with E-state index in [1.165, 1.54) is 5.56 Å². The molecular formula is C23H27NO4. The molecule has 148 valence electrons. The van der Waals surface area contributed by atoms with E-state index in [0.717, 1.165) is 31.5 Å². The van der Waals surface area contributed by atoms with Crippen molar-refractivity contribution < 1.29 is 19.1 Å². The average Bonchev–Trinajstić information content (AvgIpc) is 3.25. The summed E-state index contributed by atoms with van der Waals surface area (Å²) < 4.78 is 10.7. The zero-order valence-electron chi connectivity index (χ0n) is 16.5. The predicted molar refractivity (Wildman–Crippen MR) is 107 cm³/mol. The minimum Gasteiger partial charge on any atom is -0.482 e. The maximum atomic E-state index is 12.3. The molecule has 1 aliphatic heterocycles. The molecule has 0 atom stereocenters. The molecule has 28 heavy (non-hydrogen) atoms. The number of carbonyl (C=O) groups is 2. The Bertz CT molecular complexity index is 790. The molecule has 2 aromatic rings. The average molecular weight is 381 g/mol. The van der Waals surface area contributed by atoms with E-state index in [-0.39, 0.29) is 19.1 Å². The van der Waals surface area contributed by atoms with Crippen molar-refractivity contribution in [2.45, 2.75) is 39.2 Å². The van der Waals surface area contributed by atoms with Crippen LogP contribution in [0.2, 0.25) is 0 Å². The number of amides is 1. The minimum absolute atomic E-state index is 0.0675. The van der Waals surface area contributed by atoms with E-state index in [9.17, 15) is 9.59 Å². The van der Waals surface area contributed by atoms with Gasteiger partial charge in [0.15, 0.2) is 6.61 Å². The van der Waals surface area contributed by atoms with Gasteiger partial charge >= 0.3 is 5.97 Å². The number of rotatable bonds is 7. The number of likely N-dealkylation sites (tertiary alicyclic amines) is 1. The van der Waals surface area contributed by atoms with Crippen molar-refractivity contribution in [2.24, 2.45) is 0 Å². The molecule has 1 fully saturated rings. The third kappa shape index (κ3) is 5.35. The van der Waals surface area contributed by atoms with Crippen molar-refractivity contribution in [3.8, 4) is 5.75 Å². The summed E-state index contributed by atoms with van der Waals surface area (Å²) in [5, 5.41) is 0. The first kappa shape index (κ1) is 19.9. The number of benzene rings is 2. The first-order valence-electron chi connectivity index (χ1n) is 9.79. The van der Waals surface area contributed by atoms with Gasteiger partial charge in [0, 0.05) is 18.7 Å². The van der Waals surface area contributed by atoms with Crippen LogP contribution < -0.4 is 4.74 Å². The van der Waals surface area contributed by atoms with Gasteiger partial charge in [0.25, 0.3) is 5.91 Å². The maximum absolute atomic E-state index is 12.3.